The lowest BCUT2D eigenvalue weighted by atomic mass is 10.1. The summed E-state index contributed by atoms with van der Waals surface area (Å²) in [5, 5.41) is 3.00. The van der Waals surface area contributed by atoms with Crippen molar-refractivity contribution in [2.24, 2.45) is 0 Å². The lowest BCUT2D eigenvalue weighted by Gasteiger charge is -2.29. The second kappa shape index (κ2) is 12.4. The van der Waals surface area contributed by atoms with E-state index in [1.165, 1.54) is 0 Å². The minimum Gasteiger partial charge on any atom is -0.497 e. The van der Waals surface area contributed by atoms with Crippen molar-refractivity contribution in [3.05, 3.63) is 65.2 Å². The zero-order chi connectivity index (χ0) is 22.8. The molecule has 0 bridgehead atoms. The van der Waals surface area contributed by atoms with E-state index >= 15 is 0 Å². The molecule has 2 aromatic carbocycles. The third-order valence-corrected chi connectivity index (χ3v) is 6.25. The van der Waals surface area contributed by atoms with E-state index in [1.54, 1.807) is 30.7 Å². The molecule has 5 nitrogen and oxygen atoms in total. The number of benzene rings is 2. The molecular formula is C25H34N2O3S. The summed E-state index contributed by atoms with van der Waals surface area (Å²) in [6.45, 7) is 8.25. The van der Waals surface area contributed by atoms with Gasteiger partial charge < -0.3 is 15.0 Å². The number of aryl methyl sites for hydroxylation is 1. The van der Waals surface area contributed by atoms with Gasteiger partial charge in [0, 0.05) is 18.3 Å². The predicted octanol–water partition coefficient (Wildman–Crippen LogP) is 4.57. The first-order valence-electron chi connectivity index (χ1n) is 10.7. The molecule has 0 heterocycles. The highest BCUT2D eigenvalue weighted by Crippen LogP contribution is 2.19. The molecular weight excluding hydrogens is 408 g/mol. The number of methoxy groups -OCH3 is 1. The SMILES string of the molecule is CC[C@@H](C)NC(=O)[C@@H](C)N(Cc1cccc(C)c1)C(=O)CSCc1ccc(OC)cc1. The Morgan fingerprint density at radius 1 is 1.10 bits per heavy atom. The fourth-order valence-electron chi connectivity index (χ4n) is 3.12. The highest BCUT2D eigenvalue weighted by molar-refractivity contribution is 7.99. The van der Waals surface area contributed by atoms with E-state index in [-0.39, 0.29) is 17.9 Å². The highest BCUT2D eigenvalue weighted by Gasteiger charge is 2.26. The van der Waals surface area contributed by atoms with E-state index in [1.807, 2.05) is 63.2 Å². The minimum atomic E-state index is -0.538. The third kappa shape index (κ3) is 7.94. The molecule has 2 rings (SSSR count). The Balaban J connectivity index is 2.06. The molecule has 1 N–H and O–H groups in total. The molecule has 0 radical (unpaired) electrons. The van der Waals surface area contributed by atoms with Gasteiger partial charge in [0.1, 0.15) is 11.8 Å². The molecule has 2 amide bonds. The Kier molecular flexibility index (Phi) is 9.92. The number of amides is 2. The molecule has 0 saturated carbocycles. The third-order valence-electron chi connectivity index (χ3n) is 5.26. The van der Waals surface area contributed by atoms with E-state index in [4.69, 9.17) is 4.74 Å². The summed E-state index contributed by atoms with van der Waals surface area (Å²) in [4.78, 5) is 27.6. The summed E-state index contributed by atoms with van der Waals surface area (Å²) in [7, 11) is 1.64. The molecule has 0 aliphatic rings. The Morgan fingerprint density at radius 3 is 2.42 bits per heavy atom. The zero-order valence-corrected chi connectivity index (χ0v) is 20.0. The van der Waals surface area contributed by atoms with Crippen LogP contribution >= 0.6 is 11.8 Å². The van der Waals surface area contributed by atoms with Crippen LogP contribution < -0.4 is 10.1 Å². The summed E-state index contributed by atoms with van der Waals surface area (Å²) < 4.78 is 5.19. The summed E-state index contributed by atoms with van der Waals surface area (Å²) in [5.41, 5.74) is 3.29. The van der Waals surface area contributed by atoms with Crippen LogP contribution in [0.3, 0.4) is 0 Å². The summed E-state index contributed by atoms with van der Waals surface area (Å²) >= 11 is 1.55. The van der Waals surface area contributed by atoms with E-state index in [9.17, 15) is 9.59 Å². The predicted molar refractivity (Wildman–Crippen MR) is 128 cm³/mol. The topological polar surface area (TPSA) is 58.6 Å². The molecule has 168 valence electrons. The Bertz CT molecular complexity index is 854. The van der Waals surface area contributed by atoms with E-state index in [0.717, 1.165) is 34.6 Å². The lowest BCUT2D eigenvalue weighted by Crippen LogP contribution is -2.50. The van der Waals surface area contributed by atoms with Crippen LogP contribution in [0, 0.1) is 6.92 Å². The number of hydrogen-bond donors (Lipinski definition) is 1. The van der Waals surface area contributed by atoms with Gasteiger partial charge in [-0.2, -0.15) is 0 Å². The van der Waals surface area contributed by atoms with Crippen molar-refractivity contribution in [2.45, 2.75) is 58.5 Å². The number of carbonyl (C=O) groups excluding carboxylic acids is 2. The quantitative estimate of drug-likeness (QED) is 0.554. The first kappa shape index (κ1) is 24.8. The van der Waals surface area contributed by atoms with Crippen LogP contribution in [0.1, 0.15) is 43.9 Å². The monoisotopic (exact) mass is 442 g/mol. The van der Waals surface area contributed by atoms with Crippen molar-refractivity contribution in [2.75, 3.05) is 12.9 Å². The average Bonchev–Trinajstić information content (AvgIpc) is 2.77. The molecule has 0 fully saturated rings. The van der Waals surface area contributed by atoms with Gasteiger partial charge in [-0.05, 0) is 50.5 Å². The van der Waals surface area contributed by atoms with Gasteiger partial charge in [-0.1, -0.05) is 48.9 Å². The average molecular weight is 443 g/mol. The summed E-state index contributed by atoms with van der Waals surface area (Å²) in [6.07, 6.45) is 0.849. The van der Waals surface area contributed by atoms with Crippen LogP contribution in [-0.4, -0.2) is 41.7 Å². The number of carbonyl (C=O) groups is 2. The molecule has 0 aromatic heterocycles. The Hall–Kier alpha value is -2.47. The highest BCUT2D eigenvalue weighted by atomic mass is 32.2. The van der Waals surface area contributed by atoms with Crippen LogP contribution in [0.4, 0.5) is 0 Å². The number of ether oxygens (including phenoxy) is 1. The molecule has 0 saturated heterocycles. The standard InChI is InChI=1S/C25H34N2O3S/c1-6-19(3)26-25(29)20(4)27(15-22-9-7-8-18(2)14-22)24(28)17-31-16-21-10-12-23(30-5)13-11-21/h7-14,19-20H,6,15-17H2,1-5H3,(H,26,29)/t19-,20-/m1/s1. The zero-order valence-electron chi connectivity index (χ0n) is 19.2. The maximum Gasteiger partial charge on any atom is 0.242 e. The van der Waals surface area contributed by atoms with Crippen molar-refractivity contribution in [1.29, 1.82) is 0 Å². The second-order valence-corrected chi connectivity index (χ2v) is 8.83. The first-order valence-corrected chi connectivity index (χ1v) is 11.9. The van der Waals surface area contributed by atoms with Crippen molar-refractivity contribution < 1.29 is 14.3 Å². The van der Waals surface area contributed by atoms with E-state index in [0.29, 0.717) is 12.3 Å². The van der Waals surface area contributed by atoms with Crippen LogP contribution in [-0.2, 0) is 21.9 Å². The molecule has 31 heavy (non-hydrogen) atoms. The van der Waals surface area contributed by atoms with E-state index in [2.05, 4.69) is 11.4 Å². The minimum absolute atomic E-state index is 0.0354. The van der Waals surface area contributed by atoms with Gasteiger partial charge >= 0.3 is 0 Å². The van der Waals surface area contributed by atoms with Crippen molar-refractivity contribution in [3.8, 4) is 5.75 Å². The molecule has 0 unspecified atom stereocenters. The maximum atomic E-state index is 13.1. The van der Waals surface area contributed by atoms with Gasteiger partial charge in [-0.15, -0.1) is 11.8 Å². The lowest BCUT2D eigenvalue weighted by molar-refractivity contribution is -0.138. The van der Waals surface area contributed by atoms with Gasteiger partial charge in [0.05, 0.1) is 12.9 Å². The fourth-order valence-corrected chi connectivity index (χ4v) is 3.99. The van der Waals surface area contributed by atoms with Crippen molar-refractivity contribution in [1.82, 2.24) is 10.2 Å². The molecule has 2 aromatic rings. The van der Waals surface area contributed by atoms with Gasteiger partial charge in [0.15, 0.2) is 0 Å². The van der Waals surface area contributed by atoms with Gasteiger partial charge in [0.2, 0.25) is 11.8 Å². The fraction of sp³-hybridized carbons (Fsp3) is 0.440. The normalized spacial score (nSPS) is 12.7. The van der Waals surface area contributed by atoms with Gasteiger partial charge in [0.25, 0.3) is 0 Å². The van der Waals surface area contributed by atoms with Crippen molar-refractivity contribution >= 4 is 23.6 Å². The van der Waals surface area contributed by atoms with Crippen LogP contribution in [0.5, 0.6) is 5.75 Å². The number of thioether (sulfide) groups is 1. The molecule has 2 atom stereocenters. The van der Waals surface area contributed by atoms with Crippen LogP contribution in [0.25, 0.3) is 0 Å². The number of nitrogens with zero attached hydrogens (tertiary/aromatic N) is 1. The molecule has 0 spiro atoms. The summed E-state index contributed by atoms with van der Waals surface area (Å²) in [5.74, 6) is 1.71. The maximum absolute atomic E-state index is 13.1. The van der Waals surface area contributed by atoms with Crippen molar-refractivity contribution in [3.63, 3.8) is 0 Å². The smallest absolute Gasteiger partial charge is 0.242 e. The largest absolute Gasteiger partial charge is 0.497 e. The second-order valence-electron chi connectivity index (χ2n) is 7.85. The van der Waals surface area contributed by atoms with Crippen LogP contribution in [0.2, 0.25) is 0 Å². The Morgan fingerprint density at radius 2 is 1.81 bits per heavy atom. The van der Waals surface area contributed by atoms with Crippen LogP contribution in [0.15, 0.2) is 48.5 Å². The van der Waals surface area contributed by atoms with Gasteiger partial charge in [-0.25, -0.2) is 0 Å². The number of rotatable bonds is 11. The van der Waals surface area contributed by atoms with E-state index < -0.39 is 6.04 Å². The molecule has 0 aliphatic carbocycles. The van der Waals surface area contributed by atoms with Gasteiger partial charge in [-0.3, -0.25) is 9.59 Å². The molecule has 0 aliphatic heterocycles. The summed E-state index contributed by atoms with van der Waals surface area (Å²) in [6, 6.07) is 15.5. The Labute approximate surface area is 190 Å². The first-order chi connectivity index (χ1) is 14.8. The number of hydrogen-bond acceptors (Lipinski definition) is 4. The number of nitrogens with one attached hydrogen (secondary N) is 1. The molecule has 6 heteroatoms.